The number of fused-ring (bicyclic) bond motifs is 1. The molecule has 0 radical (unpaired) electrons. The summed E-state index contributed by atoms with van der Waals surface area (Å²) in [7, 11) is 0. The Morgan fingerprint density at radius 3 is 2.50 bits per heavy atom. The first-order valence-corrected chi connectivity index (χ1v) is 6.38. The molecule has 0 bridgehead atoms. The fourth-order valence-electron chi connectivity index (χ4n) is 2.60. The molecule has 2 aromatic carbocycles. The second-order valence-corrected chi connectivity index (χ2v) is 4.82. The van der Waals surface area contributed by atoms with Crippen LogP contribution in [-0.2, 0) is 13.0 Å². The van der Waals surface area contributed by atoms with Crippen molar-refractivity contribution >= 4 is 0 Å². The summed E-state index contributed by atoms with van der Waals surface area (Å²) in [5.74, 6) is 0. The molecule has 3 rings (SSSR count). The lowest BCUT2D eigenvalue weighted by Gasteiger charge is -2.17. The van der Waals surface area contributed by atoms with Gasteiger partial charge in [-0.25, -0.2) is 0 Å². The topological polar surface area (TPSA) is 32.3 Å². The van der Waals surface area contributed by atoms with Gasteiger partial charge in [0.15, 0.2) is 0 Å². The molecular weight excluding hydrogens is 222 g/mol. The lowest BCUT2D eigenvalue weighted by molar-refractivity contribution is 0.141. The van der Waals surface area contributed by atoms with Gasteiger partial charge in [0.05, 0.1) is 6.10 Å². The van der Waals surface area contributed by atoms with E-state index in [4.69, 9.17) is 0 Å². The van der Waals surface area contributed by atoms with Gasteiger partial charge in [0.2, 0.25) is 0 Å². The third-order valence-electron chi connectivity index (χ3n) is 3.61. The van der Waals surface area contributed by atoms with Crippen molar-refractivity contribution in [3.05, 3.63) is 71.3 Å². The Balaban J connectivity index is 1.66. The Morgan fingerprint density at radius 2 is 1.72 bits per heavy atom. The van der Waals surface area contributed by atoms with Crippen molar-refractivity contribution in [2.45, 2.75) is 25.1 Å². The van der Waals surface area contributed by atoms with Crippen LogP contribution in [0.3, 0.4) is 0 Å². The average molecular weight is 239 g/mol. The summed E-state index contributed by atoms with van der Waals surface area (Å²) >= 11 is 0. The van der Waals surface area contributed by atoms with Gasteiger partial charge >= 0.3 is 0 Å². The van der Waals surface area contributed by atoms with E-state index in [-0.39, 0.29) is 12.1 Å². The Labute approximate surface area is 107 Å². The predicted octanol–water partition coefficient (Wildman–Crippen LogP) is 2.43. The molecule has 18 heavy (non-hydrogen) atoms. The van der Waals surface area contributed by atoms with Crippen LogP contribution < -0.4 is 5.32 Å². The molecule has 0 saturated carbocycles. The van der Waals surface area contributed by atoms with Crippen LogP contribution in [-0.4, -0.2) is 11.1 Å². The van der Waals surface area contributed by atoms with E-state index in [2.05, 4.69) is 23.5 Å². The minimum Gasteiger partial charge on any atom is -0.387 e. The van der Waals surface area contributed by atoms with Crippen LogP contribution in [0.5, 0.6) is 0 Å². The number of aliphatic hydroxyl groups is 1. The molecule has 2 heteroatoms. The fourth-order valence-corrected chi connectivity index (χ4v) is 2.60. The van der Waals surface area contributed by atoms with E-state index in [0.717, 1.165) is 18.5 Å². The van der Waals surface area contributed by atoms with Gasteiger partial charge in [-0.05, 0) is 23.1 Å². The highest BCUT2D eigenvalue weighted by molar-refractivity contribution is 5.35. The van der Waals surface area contributed by atoms with Crippen LogP contribution in [0.2, 0.25) is 0 Å². The third kappa shape index (κ3) is 2.17. The lowest BCUT2D eigenvalue weighted by Crippen LogP contribution is -2.32. The van der Waals surface area contributed by atoms with Crippen LogP contribution in [0, 0.1) is 0 Å². The quantitative estimate of drug-likeness (QED) is 0.862. The minimum absolute atomic E-state index is 0.127. The average Bonchev–Trinajstić information content (AvgIpc) is 2.75. The standard InChI is InChI=1S/C16H17NO/c18-16-14-9-5-4-8-13(14)10-15(16)17-11-12-6-2-1-3-7-12/h1-9,15-18H,10-11H2/t15-,16-/m1/s1. The highest BCUT2D eigenvalue weighted by atomic mass is 16.3. The Hall–Kier alpha value is -1.64. The number of nitrogens with one attached hydrogen (secondary N) is 1. The normalized spacial score (nSPS) is 21.8. The maximum absolute atomic E-state index is 10.3. The summed E-state index contributed by atoms with van der Waals surface area (Å²) in [5, 5.41) is 13.7. The van der Waals surface area contributed by atoms with Crippen LogP contribution >= 0.6 is 0 Å². The minimum atomic E-state index is -0.384. The van der Waals surface area contributed by atoms with E-state index in [0.29, 0.717) is 0 Å². The molecule has 0 spiro atoms. The first kappa shape index (κ1) is 11.5. The van der Waals surface area contributed by atoms with Gasteiger partial charge in [0.1, 0.15) is 0 Å². The van der Waals surface area contributed by atoms with Gasteiger partial charge in [-0.2, -0.15) is 0 Å². The molecule has 2 nitrogen and oxygen atoms in total. The predicted molar refractivity (Wildman–Crippen MR) is 72.2 cm³/mol. The lowest BCUT2D eigenvalue weighted by atomic mass is 10.1. The van der Waals surface area contributed by atoms with E-state index in [1.807, 2.05) is 36.4 Å². The smallest absolute Gasteiger partial charge is 0.0948 e. The van der Waals surface area contributed by atoms with E-state index in [1.165, 1.54) is 11.1 Å². The molecular formula is C16H17NO. The maximum atomic E-state index is 10.3. The zero-order valence-corrected chi connectivity index (χ0v) is 10.2. The maximum Gasteiger partial charge on any atom is 0.0948 e. The van der Waals surface area contributed by atoms with Crippen LogP contribution in [0.1, 0.15) is 22.8 Å². The van der Waals surface area contributed by atoms with Crippen LogP contribution in [0.25, 0.3) is 0 Å². The van der Waals surface area contributed by atoms with E-state index < -0.39 is 0 Å². The summed E-state index contributed by atoms with van der Waals surface area (Å²) in [6.45, 7) is 0.802. The number of hydrogen-bond acceptors (Lipinski definition) is 2. The van der Waals surface area contributed by atoms with E-state index >= 15 is 0 Å². The summed E-state index contributed by atoms with van der Waals surface area (Å²) in [6, 6.07) is 18.6. The molecule has 0 saturated heterocycles. The molecule has 0 fully saturated rings. The van der Waals surface area contributed by atoms with Gasteiger partial charge in [0, 0.05) is 12.6 Å². The first-order chi connectivity index (χ1) is 8.84. The molecule has 0 aliphatic heterocycles. The van der Waals surface area contributed by atoms with Crippen molar-refractivity contribution in [2.75, 3.05) is 0 Å². The summed E-state index contributed by atoms with van der Waals surface area (Å²) in [4.78, 5) is 0. The summed E-state index contributed by atoms with van der Waals surface area (Å²) in [5.41, 5.74) is 3.58. The van der Waals surface area contributed by atoms with E-state index in [9.17, 15) is 5.11 Å². The first-order valence-electron chi connectivity index (χ1n) is 6.38. The second kappa shape index (κ2) is 4.92. The van der Waals surface area contributed by atoms with Gasteiger partial charge in [-0.3, -0.25) is 0 Å². The highest BCUT2D eigenvalue weighted by Crippen LogP contribution is 2.31. The molecule has 0 amide bonds. The van der Waals surface area contributed by atoms with E-state index in [1.54, 1.807) is 0 Å². The zero-order valence-electron chi connectivity index (χ0n) is 10.2. The number of aliphatic hydroxyl groups excluding tert-OH is 1. The SMILES string of the molecule is O[C@@H]1c2ccccc2C[C@H]1NCc1ccccc1. The second-order valence-electron chi connectivity index (χ2n) is 4.82. The third-order valence-corrected chi connectivity index (χ3v) is 3.61. The molecule has 2 aromatic rings. The zero-order chi connectivity index (χ0) is 12.4. The van der Waals surface area contributed by atoms with Crippen molar-refractivity contribution in [3.63, 3.8) is 0 Å². The fraction of sp³-hybridized carbons (Fsp3) is 0.250. The van der Waals surface area contributed by atoms with Crippen molar-refractivity contribution < 1.29 is 5.11 Å². The number of hydrogen-bond donors (Lipinski definition) is 2. The van der Waals surface area contributed by atoms with Gasteiger partial charge < -0.3 is 10.4 Å². The molecule has 0 heterocycles. The summed E-state index contributed by atoms with van der Waals surface area (Å²) < 4.78 is 0. The van der Waals surface area contributed by atoms with Crippen molar-refractivity contribution in [2.24, 2.45) is 0 Å². The van der Waals surface area contributed by atoms with Crippen LogP contribution in [0.15, 0.2) is 54.6 Å². The molecule has 0 unspecified atom stereocenters. The molecule has 0 aromatic heterocycles. The van der Waals surface area contributed by atoms with Gasteiger partial charge in [-0.1, -0.05) is 54.6 Å². The van der Waals surface area contributed by atoms with Crippen LogP contribution in [0.4, 0.5) is 0 Å². The highest BCUT2D eigenvalue weighted by Gasteiger charge is 2.29. The molecule has 1 aliphatic carbocycles. The van der Waals surface area contributed by atoms with Gasteiger partial charge in [-0.15, -0.1) is 0 Å². The number of rotatable bonds is 3. The Bertz CT molecular complexity index is 524. The largest absolute Gasteiger partial charge is 0.387 e. The Morgan fingerprint density at radius 1 is 1.00 bits per heavy atom. The molecule has 2 N–H and O–H groups in total. The molecule has 92 valence electrons. The monoisotopic (exact) mass is 239 g/mol. The Kier molecular flexibility index (Phi) is 3.13. The summed E-state index contributed by atoms with van der Waals surface area (Å²) in [6.07, 6.45) is 0.523. The van der Waals surface area contributed by atoms with Gasteiger partial charge in [0.25, 0.3) is 0 Å². The van der Waals surface area contributed by atoms with Crippen molar-refractivity contribution in [1.29, 1.82) is 0 Å². The molecule has 1 aliphatic rings. The number of benzene rings is 2. The molecule has 2 atom stereocenters. The van der Waals surface area contributed by atoms with Crippen molar-refractivity contribution in [1.82, 2.24) is 5.32 Å². The van der Waals surface area contributed by atoms with Crippen molar-refractivity contribution in [3.8, 4) is 0 Å².